The second kappa shape index (κ2) is 5.68. The summed E-state index contributed by atoms with van der Waals surface area (Å²) in [5.74, 6) is -1.40. The lowest BCUT2D eigenvalue weighted by Crippen LogP contribution is -2.32. The zero-order valence-electron chi connectivity index (χ0n) is 6.69. The zero-order chi connectivity index (χ0) is 9.56. The maximum absolute atomic E-state index is 10.9. The molecule has 0 heterocycles. The highest BCUT2D eigenvalue weighted by Crippen LogP contribution is 1.97. The van der Waals surface area contributed by atoms with Gasteiger partial charge in [-0.2, -0.15) is 0 Å². The molecule has 0 aromatic carbocycles. The Morgan fingerprint density at radius 1 is 1.42 bits per heavy atom. The number of carbonyl (C=O) groups is 2. The van der Waals surface area contributed by atoms with E-state index in [1.54, 1.807) is 0 Å². The monoisotopic (exact) mass is 175 g/mol. The number of aliphatic carboxylic acids is 1. The third-order valence-electron chi connectivity index (χ3n) is 1.39. The second-order valence-corrected chi connectivity index (χ2v) is 2.50. The molecule has 0 fully saturated rings. The number of carbonyl (C=O) groups excluding carboxylic acids is 1. The van der Waals surface area contributed by atoms with Crippen LogP contribution in [0.15, 0.2) is 0 Å². The minimum Gasteiger partial charge on any atom is -0.481 e. The van der Waals surface area contributed by atoms with Crippen molar-refractivity contribution in [3.05, 3.63) is 0 Å². The number of rotatable bonds is 6. The average molecular weight is 175 g/mol. The molecule has 1 atom stereocenters. The molecule has 0 bridgehead atoms. The van der Waals surface area contributed by atoms with Crippen molar-refractivity contribution >= 4 is 11.8 Å². The molecular weight excluding hydrogens is 162 g/mol. The summed E-state index contributed by atoms with van der Waals surface area (Å²) >= 11 is 0. The van der Waals surface area contributed by atoms with Crippen LogP contribution in [-0.4, -0.2) is 34.6 Å². The van der Waals surface area contributed by atoms with Gasteiger partial charge in [-0.05, 0) is 6.42 Å². The van der Waals surface area contributed by atoms with E-state index in [-0.39, 0.29) is 25.2 Å². The van der Waals surface area contributed by atoms with Gasteiger partial charge >= 0.3 is 5.97 Å². The molecule has 0 aliphatic carbocycles. The first-order valence-corrected chi connectivity index (χ1v) is 3.69. The van der Waals surface area contributed by atoms with Gasteiger partial charge in [0.05, 0.1) is 12.5 Å². The van der Waals surface area contributed by atoms with Crippen LogP contribution in [-0.2, 0) is 9.59 Å². The number of aliphatic hydroxyl groups is 1. The molecule has 0 aromatic heterocycles. The molecule has 5 nitrogen and oxygen atoms in total. The Morgan fingerprint density at radius 3 is 2.42 bits per heavy atom. The quantitative estimate of drug-likeness (QED) is 0.487. The molecule has 0 saturated heterocycles. The Labute approximate surface area is 70.2 Å². The smallest absolute Gasteiger partial charge is 0.305 e. The van der Waals surface area contributed by atoms with E-state index in [9.17, 15) is 9.59 Å². The molecule has 1 unspecified atom stereocenters. The van der Waals surface area contributed by atoms with Crippen molar-refractivity contribution in [3.63, 3.8) is 0 Å². The van der Waals surface area contributed by atoms with Gasteiger partial charge < -0.3 is 15.9 Å². The molecule has 0 aliphatic rings. The number of Topliss-reactive ketones (excluding diaryl/α,β-unsaturated/α-hetero) is 1. The van der Waals surface area contributed by atoms with Gasteiger partial charge in [0.25, 0.3) is 0 Å². The van der Waals surface area contributed by atoms with Crippen LogP contribution in [0, 0.1) is 0 Å². The average Bonchev–Trinajstić information content (AvgIpc) is 1.98. The molecule has 0 aromatic rings. The molecule has 0 spiro atoms. The van der Waals surface area contributed by atoms with E-state index in [1.807, 2.05) is 0 Å². The van der Waals surface area contributed by atoms with Crippen molar-refractivity contribution in [1.29, 1.82) is 0 Å². The van der Waals surface area contributed by atoms with E-state index >= 15 is 0 Å². The summed E-state index contributed by atoms with van der Waals surface area (Å²) in [5.41, 5.74) is 5.25. The molecule has 0 saturated carbocycles. The first-order chi connectivity index (χ1) is 5.57. The van der Waals surface area contributed by atoms with Crippen LogP contribution in [0.3, 0.4) is 0 Å². The van der Waals surface area contributed by atoms with Gasteiger partial charge in [0, 0.05) is 13.0 Å². The molecule has 5 heteroatoms. The largest absolute Gasteiger partial charge is 0.481 e. The number of nitrogens with two attached hydrogens (primary N) is 1. The van der Waals surface area contributed by atoms with Crippen LogP contribution in [0.4, 0.5) is 0 Å². The Balaban J connectivity index is 3.69. The van der Waals surface area contributed by atoms with E-state index in [1.165, 1.54) is 0 Å². The predicted molar refractivity (Wildman–Crippen MR) is 41.6 cm³/mol. The Hall–Kier alpha value is -0.940. The number of ketones is 1. The summed E-state index contributed by atoms with van der Waals surface area (Å²) in [5, 5.41) is 16.6. The van der Waals surface area contributed by atoms with E-state index in [0.717, 1.165) is 0 Å². The highest BCUT2D eigenvalue weighted by atomic mass is 16.4. The van der Waals surface area contributed by atoms with Crippen molar-refractivity contribution in [2.45, 2.75) is 25.3 Å². The number of hydrogen-bond acceptors (Lipinski definition) is 4. The summed E-state index contributed by atoms with van der Waals surface area (Å²) in [7, 11) is 0. The molecule has 12 heavy (non-hydrogen) atoms. The van der Waals surface area contributed by atoms with Gasteiger partial charge in [-0.15, -0.1) is 0 Å². The Kier molecular flexibility index (Phi) is 5.23. The maximum atomic E-state index is 10.9. The van der Waals surface area contributed by atoms with E-state index < -0.39 is 12.0 Å². The molecular formula is C7H13NO4. The van der Waals surface area contributed by atoms with Crippen LogP contribution >= 0.6 is 0 Å². The lowest BCUT2D eigenvalue weighted by atomic mass is 10.1. The standard InChI is InChI=1S/C7H13NO4/c8-5(4-7(11)12)6(10)2-1-3-9/h5,9H,1-4,8H2,(H,11,12). The number of aliphatic hydroxyl groups excluding tert-OH is 1. The van der Waals surface area contributed by atoms with Gasteiger partial charge in [-0.25, -0.2) is 0 Å². The fraction of sp³-hybridized carbons (Fsp3) is 0.714. The third kappa shape index (κ3) is 4.81. The van der Waals surface area contributed by atoms with Crippen molar-refractivity contribution in [3.8, 4) is 0 Å². The molecule has 0 rings (SSSR count). The lowest BCUT2D eigenvalue weighted by Gasteiger charge is -2.05. The van der Waals surface area contributed by atoms with Gasteiger partial charge in [-0.1, -0.05) is 0 Å². The molecule has 0 radical (unpaired) electrons. The number of carboxylic acids is 1. The first kappa shape index (κ1) is 11.1. The third-order valence-corrected chi connectivity index (χ3v) is 1.39. The van der Waals surface area contributed by atoms with Crippen LogP contribution in [0.1, 0.15) is 19.3 Å². The summed E-state index contributed by atoms with van der Waals surface area (Å²) in [4.78, 5) is 21.0. The maximum Gasteiger partial charge on any atom is 0.305 e. The van der Waals surface area contributed by atoms with Gasteiger partial charge in [0.2, 0.25) is 0 Å². The second-order valence-electron chi connectivity index (χ2n) is 2.50. The summed E-state index contributed by atoms with van der Waals surface area (Å²) in [6.07, 6.45) is 0.140. The van der Waals surface area contributed by atoms with Gasteiger partial charge in [0.1, 0.15) is 5.78 Å². The molecule has 0 aliphatic heterocycles. The van der Waals surface area contributed by atoms with Crippen molar-refractivity contribution in [2.24, 2.45) is 5.73 Å². The Morgan fingerprint density at radius 2 is 2.00 bits per heavy atom. The van der Waals surface area contributed by atoms with Gasteiger partial charge in [-0.3, -0.25) is 9.59 Å². The highest BCUT2D eigenvalue weighted by molar-refractivity contribution is 5.87. The minimum absolute atomic E-state index is 0.0778. The zero-order valence-corrected chi connectivity index (χ0v) is 6.69. The molecule has 0 amide bonds. The highest BCUT2D eigenvalue weighted by Gasteiger charge is 2.15. The summed E-state index contributed by atoms with van der Waals surface area (Å²) in [6.45, 7) is -0.0778. The van der Waals surface area contributed by atoms with Crippen LogP contribution in [0.5, 0.6) is 0 Å². The van der Waals surface area contributed by atoms with Crippen molar-refractivity contribution in [2.75, 3.05) is 6.61 Å². The van der Waals surface area contributed by atoms with Crippen LogP contribution in [0.25, 0.3) is 0 Å². The molecule has 70 valence electrons. The lowest BCUT2D eigenvalue weighted by molar-refractivity contribution is -0.139. The minimum atomic E-state index is -1.08. The first-order valence-electron chi connectivity index (χ1n) is 3.69. The van der Waals surface area contributed by atoms with E-state index in [4.69, 9.17) is 15.9 Å². The number of hydrogen-bond donors (Lipinski definition) is 3. The van der Waals surface area contributed by atoms with Crippen molar-refractivity contribution in [1.82, 2.24) is 0 Å². The van der Waals surface area contributed by atoms with Gasteiger partial charge in [0.15, 0.2) is 0 Å². The topological polar surface area (TPSA) is 101 Å². The SMILES string of the molecule is NC(CC(=O)O)C(=O)CCCO. The van der Waals surface area contributed by atoms with Crippen LogP contribution in [0.2, 0.25) is 0 Å². The number of carboxylic acid groups (broad SMARTS) is 1. The van der Waals surface area contributed by atoms with Crippen molar-refractivity contribution < 1.29 is 19.8 Å². The fourth-order valence-electron chi connectivity index (χ4n) is 0.741. The summed E-state index contributed by atoms with van der Waals surface area (Å²) < 4.78 is 0. The van der Waals surface area contributed by atoms with E-state index in [2.05, 4.69) is 0 Å². The molecule has 4 N–H and O–H groups in total. The Bertz CT molecular complexity index is 169. The van der Waals surface area contributed by atoms with E-state index in [0.29, 0.717) is 6.42 Å². The van der Waals surface area contributed by atoms with Crippen LogP contribution < -0.4 is 5.73 Å². The fourth-order valence-corrected chi connectivity index (χ4v) is 0.741. The normalized spacial score (nSPS) is 12.5. The predicted octanol–water partition coefficient (Wildman–Crippen LogP) is -0.870. The summed E-state index contributed by atoms with van der Waals surface area (Å²) in [6, 6.07) is -0.936.